The molecule has 3 rings (SSSR count). The normalized spacial score (nSPS) is 32.2. The average Bonchev–Trinajstić information content (AvgIpc) is 2.95. The second-order valence-corrected chi connectivity index (χ2v) is 5.85. The molecule has 0 aromatic carbocycles. The zero-order valence-electron chi connectivity index (χ0n) is 10.8. The predicted octanol–water partition coefficient (Wildman–Crippen LogP) is 2.57. The van der Waals surface area contributed by atoms with Gasteiger partial charge >= 0.3 is 0 Å². The second-order valence-electron chi connectivity index (χ2n) is 5.85. The molecule has 2 saturated carbocycles. The Balaban J connectivity index is 1.67. The molecule has 1 aromatic rings. The summed E-state index contributed by atoms with van der Waals surface area (Å²) in [5, 5.41) is 3.52. The lowest BCUT2D eigenvalue weighted by Gasteiger charge is -2.24. The number of rotatable bonds is 4. The van der Waals surface area contributed by atoms with Crippen LogP contribution in [0.5, 0.6) is 0 Å². The third kappa shape index (κ3) is 2.23. The van der Waals surface area contributed by atoms with Gasteiger partial charge in [-0.1, -0.05) is 6.07 Å². The van der Waals surface area contributed by atoms with Crippen molar-refractivity contribution in [2.45, 2.75) is 38.6 Å². The lowest BCUT2D eigenvalue weighted by atomic mass is 9.90. The van der Waals surface area contributed by atoms with E-state index in [2.05, 4.69) is 30.3 Å². The van der Waals surface area contributed by atoms with Crippen LogP contribution in [-0.4, -0.2) is 18.1 Å². The van der Waals surface area contributed by atoms with E-state index in [1.165, 1.54) is 30.5 Å². The van der Waals surface area contributed by atoms with Crippen LogP contribution in [0.4, 0.5) is 0 Å². The van der Waals surface area contributed by atoms with Crippen molar-refractivity contribution in [1.82, 2.24) is 10.3 Å². The smallest absolute Gasteiger partial charge is 0.0448 e. The van der Waals surface area contributed by atoms with Crippen molar-refractivity contribution >= 4 is 0 Å². The number of aromatic nitrogens is 1. The Bertz CT molecular complexity index is 392. The zero-order chi connectivity index (χ0) is 11.8. The lowest BCUT2D eigenvalue weighted by Crippen LogP contribution is -2.35. The van der Waals surface area contributed by atoms with Gasteiger partial charge in [0.1, 0.15) is 0 Å². The molecule has 2 fully saturated rings. The Morgan fingerprint density at radius 1 is 1.35 bits per heavy atom. The second kappa shape index (κ2) is 4.41. The Hall–Kier alpha value is -0.890. The van der Waals surface area contributed by atoms with E-state index in [1.807, 2.05) is 12.3 Å². The van der Waals surface area contributed by atoms with E-state index in [9.17, 15) is 0 Å². The van der Waals surface area contributed by atoms with E-state index in [1.54, 1.807) is 0 Å². The highest BCUT2D eigenvalue weighted by atomic mass is 14.9. The zero-order valence-corrected chi connectivity index (χ0v) is 10.8. The van der Waals surface area contributed by atoms with Crippen molar-refractivity contribution in [2.24, 2.45) is 17.8 Å². The third-order valence-corrected chi connectivity index (χ3v) is 4.75. The summed E-state index contributed by atoms with van der Waals surface area (Å²) >= 11 is 0. The summed E-state index contributed by atoms with van der Waals surface area (Å²) in [5.41, 5.74) is 2.60. The standard InChI is InChI=1S/C15H22N2/c1-10-4-3-5-17-14(10)9-15(16-2)13-7-11-6-12(11)8-13/h3-5,11-13,15-16H,6-9H2,1-2H3. The summed E-state index contributed by atoms with van der Waals surface area (Å²) in [5.74, 6) is 3.02. The first kappa shape index (κ1) is 11.2. The number of nitrogens with zero attached hydrogens (tertiary/aromatic N) is 1. The number of hydrogen-bond donors (Lipinski definition) is 1. The Kier molecular flexibility index (Phi) is 2.91. The molecule has 17 heavy (non-hydrogen) atoms. The van der Waals surface area contributed by atoms with Crippen LogP contribution in [0.1, 0.15) is 30.5 Å². The van der Waals surface area contributed by atoms with Gasteiger partial charge in [-0.2, -0.15) is 0 Å². The van der Waals surface area contributed by atoms with Crippen LogP contribution in [0.25, 0.3) is 0 Å². The fourth-order valence-electron chi connectivity index (χ4n) is 3.53. The molecule has 3 atom stereocenters. The van der Waals surface area contributed by atoms with Crippen molar-refractivity contribution in [2.75, 3.05) is 7.05 Å². The molecule has 2 nitrogen and oxygen atoms in total. The number of likely N-dealkylation sites (N-methyl/N-ethyl adjacent to an activating group) is 1. The van der Waals surface area contributed by atoms with Gasteiger partial charge < -0.3 is 5.32 Å². The molecule has 2 aliphatic carbocycles. The van der Waals surface area contributed by atoms with Gasteiger partial charge in [0.15, 0.2) is 0 Å². The number of aryl methyl sites for hydroxylation is 1. The van der Waals surface area contributed by atoms with Crippen molar-refractivity contribution in [3.05, 3.63) is 29.6 Å². The van der Waals surface area contributed by atoms with Gasteiger partial charge in [0.2, 0.25) is 0 Å². The van der Waals surface area contributed by atoms with Gasteiger partial charge in [-0.3, -0.25) is 4.98 Å². The molecule has 0 aliphatic heterocycles. The first-order chi connectivity index (χ1) is 8.28. The summed E-state index contributed by atoms with van der Waals surface area (Å²) in [7, 11) is 2.10. The number of fused-ring (bicyclic) bond motifs is 1. The van der Waals surface area contributed by atoms with E-state index in [-0.39, 0.29) is 0 Å². The van der Waals surface area contributed by atoms with Gasteiger partial charge in [-0.15, -0.1) is 0 Å². The van der Waals surface area contributed by atoms with Crippen molar-refractivity contribution in [3.8, 4) is 0 Å². The summed E-state index contributed by atoms with van der Waals surface area (Å²) < 4.78 is 0. The van der Waals surface area contributed by atoms with Crippen LogP contribution >= 0.6 is 0 Å². The topological polar surface area (TPSA) is 24.9 Å². The van der Waals surface area contributed by atoms with Gasteiger partial charge in [0.25, 0.3) is 0 Å². The van der Waals surface area contributed by atoms with Crippen LogP contribution in [0, 0.1) is 24.7 Å². The van der Waals surface area contributed by atoms with Crippen LogP contribution in [0.2, 0.25) is 0 Å². The van der Waals surface area contributed by atoms with Gasteiger partial charge in [0, 0.05) is 24.4 Å². The molecular formula is C15H22N2. The van der Waals surface area contributed by atoms with Crippen molar-refractivity contribution in [3.63, 3.8) is 0 Å². The Morgan fingerprint density at radius 3 is 2.76 bits per heavy atom. The van der Waals surface area contributed by atoms with E-state index in [0.717, 1.165) is 24.2 Å². The molecule has 3 unspecified atom stereocenters. The molecule has 1 N–H and O–H groups in total. The van der Waals surface area contributed by atoms with Gasteiger partial charge in [-0.25, -0.2) is 0 Å². The number of hydrogen-bond acceptors (Lipinski definition) is 2. The third-order valence-electron chi connectivity index (χ3n) is 4.75. The van der Waals surface area contributed by atoms with Gasteiger partial charge in [-0.05, 0) is 62.6 Å². The Labute approximate surface area is 104 Å². The average molecular weight is 230 g/mol. The summed E-state index contributed by atoms with van der Waals surface area (Å²) in [6.45, 7) is 2.17. The number of nitrogens with one attached hydrogen (secondary N) is 1. The molecule has 2 aliphatic rings. The van der Waals surface area contributed by atoms with E-state index < -0.39 is 0 Å². The van der Waals surface area contributed by atoms with Crippen molar-refractivity contribution in [1.29, 1.82) is 0 Å². The fourth-order valence-corrected chi connectivity index (χ4v) is 3.53. The quantitative estimate of drug-likeness (QED) is 0.860. The van der Waals surface area contributed by atoms with Crippen LogP contribution in [0.15, 0.2) is 18.3 Å². The summed E-state index contributed by atoms with van der Waals surface area (Å²) in [6.07, 6.45) is 7.41. The van der Waals surface area contributed by atoms with E-state index in [0.29, 0.717) is 6.04 Å². The van der Waals surface area contributed by atoms with Crippen LogP contribution < -0.4 is 5.32 Å². The minimum absolute atomic E-state index is 0.622. The molecule has 92 valence electrons. The fraction of sp³-hybridized carbons (Fsp3) is 0.667. The van der Waals surface area contributed by atoms with Crippen molar-refractivity contribution < 1.29 is 0 Å². The maximum Gasteiger partial charge on any atom is 0.0448 e. The number of pyridine rings is 1. The maximum atomic E-state index is 4.53. The molecule has 0 spiro atoms. The molecule has 0 saturated heterocycles. The Morgan fingerprint density at radius 2 is 2.12 bits per heavy atom. The monoisotopic (exact) mass is 230 g/mol. The molecule has 0 amide bonds. The first-order valence-electron chi connectivity index (χ1n) is 6.85. The van der Waals surface area contributed by atoms with Crippen LogP contribution in [0.3, 0.4) is 0 Å². The highest BCUT2D eigenvalue weighted by Gasteiger charge is 2.47. The largest absolute Gasteiger partial charge is 0.316 e. The highest BCUT2D eigenvalue weighted by molar-refractivity contribution is 5.19. The lowest BCUT2D eigenvalue weighted by molar-refractivity contribution is 0.347. The SMILES string of the molecule is CNC(Cc1ncccc1C)C1CC2CC2C1. The van der Waals surface area contributed by atoms with E-state index in [4.69, 9.17) is 0 Å². The summed E-state index contributed by atoms with van der Waals surface area (Å²) in [6, 6.07) is 4.82. The van der Waals surface area contributed by atoms with Crippen LogP contribution in [-0.2, 0) is 6.42 Å². The van der Waals surface area contributed by atoms with E-state index >= 15 is 0 Å². The molecular weight excluding hydrogens is 208 g/mol. The summed E-state index contributed by atoms with van der Waals surface area (Å²) in [4.78, 5) is 4.53. The predicted molar refractivity (Wildman–Crippen MR) is 69.8 cm³/mol. The molecule has 0 bridgehead atoms. The van der Waals surface area contributed by atoms with Gasteiger partial charge in [0.05, 0.1) is 0 Å². The molecule has 0 radical (unpaired) electrons. The molecule has 1 aromatic heterocycles. The maximum absolute atomic E-state index is 4.53. The highest BCUT2D eigenvalue weighted by Crippen LogP contribution is 2.55. The minimum Gasteiger partial charge on any atom is -0.316 e. The molecule has 2 heteroatoms. The molecule has 1 heterocycles. The first-order valence-corrected chi connectivity index (χ1v) is 6.85. The minimum atomic E-state index is 0.622.